The minimum absolute atomic E-state index is 0.198. The Morgan fingerprint density at radius 2 is 1.74 bits per heavy atom. The third-order valence-electron chi connectivity index (χ3n) is 5.89. The molecule has 1 N–H and O–H groups in total. The summed E-state index contributed by atoms with van der Waals surface area (Å²) in [5.41, 5.74) is 7.29. The maximum absolute atomic E-state index is 13.2. The van der Waals surface area contributed by atoms with Gasteiger partial charge in [0.05, 0.1) is 34.6 Å². The fourth-order valence-electron chi connectivity index (χ4n) is 4.00. The molecule has 0 saturated heterocycles. The van der Waals surface area contributed by atoms with Crippen LogP contribution in [0.2, 0.25) is 5.02 Å². The Balaban J connectivity index is 1.38. The first-order chi connectivity index (χ1) is 18.6. The fourth-order valence-corrected chi connectivity index (χ4v) is 4.18. The van der Waals surface area contributed by atoms with E-state index in [2.05, 4.69) is 16.6 Å². The summed E-state index contributed by atoms with van der Waals surface area (Å²) in [5, 5.41) is 14.7. The largest absolute Gasteiger partial charge is 0.488 e. The number of halogens is 1. The molecule has 1 heterocycles. The molecule has 0 radical (unpaired) electrons. The molecule has 38 heavy (non-hydrogen) atoms. The molecule has 0 unspecified atom stereocenters. The van der Waals surface area contributed by atoms with Crippen molar-refractivity contribution < 1.29 is 9.53 Å². The zero-order valence-electron chi connectivity index (χ0n) is 20.1. The maximum Gasteiger partial charge on any atom is 0.272 e. The Morgan fingerprint density at radius 1 is 0.974 bits per heavy atom. The highest BCUT2D eigenvalue weighted by Crippen LogP contribution is 2.25. The Bertz CT molecular complexity index is 1690. The molecule has 0 saturated carbocycles. The number of hydrogen-bond acceptors (Lipinski definition) is 5. The number of hydrogen-bond donors (Lipinski definition) is 1. The molecule has 1 amide bonds. The van der Waals surface area contributed by atoms with Crippen molar-refractivity contribution in [3.63, 3.8) is 0 Å². The van der Waals surface area contributed by atoms with Crippen LogP contribution in [-0.2, 0) is 6.61 Å². The Kier molecular flexibility index (Phi) is 7.39. The van der Waals surface area contributed by atoms with Gasteiger partial charge in [-0.3, -0.25) is 4.79 Å². The minimum Gasteiger partial charge on any atom is -0.488 e. The number of hydrazone groups is 1. The molecular weight excluding hydrogens is 496 g/mol. The van der Waals surface area contributed by atoms with Crippen LogP contribution in [0.15, 0.2) is 108 Å². The monoisotopic (exact) mass is 516 g/mol. The molecule has 0 atom stereocenters. The lowest BCUT2D eigenvalue weighted by Crippen LogP contribution is -2.18. The van der Waals surface area contributed by atoms with Crippen molar-refractivity contribution in [2.45, 2.75) is 6.61 Å². The molecule has 0 fully saturated rings. The van der Waals surface area contributed by atoms with E-state index in [1.807, 2.05) is 66.7 Å². The van der Waals surface area contributed by atoms with E-state index in [1.54, 1.807) is 36.4 Å². The van der Waals surface area contributed by atoms with E-state index in [1.165, 1.54) is 6.21 Å². The number of pyridine rings is 1. The van der Waals surface area contributed by atoms with Crippen molar-refractivity contribution >= 4 is 34.6 Å². The number of aromatic nitrogens is 1. The normalized spacial score (nSPS) is 10.8. The molecule has 4 aromatic carbocycles. The van der Waals surface area contributed by atoms with Gasteiger partial charge in [-0.2, -0.15) is 10.4 Å². The zero-order valence-corrected chi connectivity index (χ0v) is 20.9. The molecule has 0 spiro atoms. The zero-order chi connectivity index (χ0) is 26.3. The molecular formula is C31H21ClN4O2. The molecule has 5 aromatic rings. The van der Waals surface area contributed by atoms with E-state index in [9.17, 15) is 10.1 Å². The highest BCUT2D eigenvalue weighted by atomic mass is 35.5. The number of carbonyl (C=O) groups excluding carboxylic acids is 1. The molecule has 0 aliphatic heterocycles. The lowest BCUT2D eigenvalue weighted by molar-refractivity contribution is 0.0956. The van der Waals surface area contributed by atoms with Crippen LogP contribution in [0.4, 0.5) is 0 Å². The number of para-hydroxylation sites is 1. The summed E-state index contributed by atoms with van der Waals surface area (Å²) < 4.78 is 5.96. The Labute approximate surface area is 224 Å². The summed E-state index contributed by atoms with van der Waals surface area (Å²) in [4.78, 5) is 18.0. The number of benzene rings is 4. The van der Waals surface area contributed by atoms with Crippen LogP contribution in [0, 0.1) is 11.3 Å². The molecule has 184 valence electrons. The van der Waals surface area contributed by atoms with Gasteiger partial charge in [0.25, 0.3) is 5.91 Å². The minimum atomic E-state index is -0.371. The molecule has 0 bridgehead atoms. The first-order valence-electron chi connectivity index (χ1n) is 11.8. The summed E-state index contributed by atoms with van der Waals surface area (Å²) in [5.74, 6) is 0.144. The van der Waals surface area contributed by atoms with E-state index in [-0.39, 0.29) is 12.5 Å². The standard InChI is InChI=1S/C31H21ClN4O2/c32-25-14-15-30(38-20-23-11-5-4-10-22(23)18-33)24(16-25)19-34-36-31(37)27-17-29(21-8-2-1-3-9-21)35-28-13-7-6-12-26(27)28/h1-17,19H,20H2,(H,36,37)/b34-19-. The van der Waals surface area contributed by atoms with Crippen LogP contribution in [0.3, 0.4) is 0 Å². The molecule has 5 rings (SSSR count). The van der Waals surface area contributed by atoms with E-state index in [0.717, 1.165) is 16.5 Å². The van der Waals surface area contributed by atoms with Gasteiger partial charge in [-0.25, -0.2) is 10.4 Å². The summed E-state index contributed by atoms with van der Waals surface area (Å²) in [7, 11) is 0. The van der Waals surface area contributed by atoms with Gasteiger partial charge in [0.2, 0.25) is 0 Å². The van der Waals surface area contributed by atoms with Crippen molar-refractivity contribution in [3.05, 3.63) is 130 Å². The maximum atomic E-state index is 13.2. The van der Waals surface area contributed by atoms with Gasteiger partial charge in [0.1, 0.15) is 12.4 Å². The molecule has 7 heteroatoms. The number of fused-ring (bicyclic) bond motifs is 1. The Hall–Kier alpha value is -4.99. The first-order valence-corrected chi connectivity index (χ1v) is 12.2. The fraction of sp³-hybridized carbons (Fsp3) is 0.0323. The van der Waals surface area contributed by atoms with Crippen molar-refractivity contribution in [1.29, 1.82) is 5.26 Å². The number of carbonyl (C=O) groups is 1. The average molecular weight is 517 g/mol. The van der Waals surface area contributed by atoms with Gasteiger partial charge >= 0.3 is 0 Å². The SMILES string of the molecule is N#Cc1ccccc1COc1ccc(Cl)cc1/C=N\NC(=O)c1cc(-c2ccccc2)nc2ccccc12. The summed E-state index contributed by atoms with van der Waals surface area (Å²) in [6.07, 6.45) is 1.48. The quantitative estimate of drug-likeness (QED) is 0.191. The van der Waals surface area contributed by atoms with Crippen LogP contribution in [0.1, 0.15) is 27.0 Å². The highest BCUT2D eigenvalue weighted by Gasteiger charge is 2.14. The number of rotatable bonds is 7. The third kappa shape index (κ3) is 5.54. The lowest BCUT2D eigenvalue weighted by atomic mass is 10.0. The van der Waals surface area contributed by atoms with E-state index >= 15 is 0 Å². The Morgan fingerprint density at radius 3 is 2.58 bits per heavy atom. The van der Waals surface area contributed by atoms with E-state index in [0.29, 0.717) is 38.7 Å². The van der Waals surface area contributed by atoms with Crippen molar-refractivity contribution in [1.82, 2.24) is 10.4 Å². The van der Waals surface area contributed by atoms with Crippen molar-refractivity contribution in [2.24, 2.45) is 5.10 Å². The van der Waals surface area contributed by atoms with Crippen molar-refractivity contribution in [2.75, 3.05) is 0 Å². The molecule has 1 aromatic heterocycles. The third-order valence-corrected chi connectivity index (χ3v) is 6.13. The van der Waals surface area contributed by atoms with Gasteiger partial charge in [-0.1, -0.05) is 78.3 Å². The van der Waals surface area contributed by atoms with Crippen LogP contribution in [-0.4, -0.2) is 17.1 Å². The summed E-state index contributed by atoms with van der Waals surface area (Å²) in [6, 6.07) is 33.5. The molecule has 0 aliphatic rings. The highest BCUT2D eigenvalue weighted by molar-refractivity contribution is 6.31. The van der Waals surface area contributed by atoms with Crippen LogP contribution < -0.4 is 10.2 Å². The summed E-state index contributed by atoms with van der Waals surface area (Å²) in [6.45, 7) is 0.198. The van der Waals surface area contributed by atoms with Crippen LogP contribution in [0.5, 0.6) is 5.75 Å². The summed E-state index contributed by atoms with van der Waals surface area (Å²) >= 11 is 6.21. The number of nitriles is 1. The first kappa shape index (κ1) is 24.7. The predicted molar refractivity (Wildman–Crippen MR) is 149 cm³/mol. The van der Waals surface area contributed by atoms with E-state index < -0.39 is 0 Å². The van der Waals surface area contributed by atoms with Gasteiger partial charge in [0.15, 0.2) is 0 Å². The van der Waals surface area contributed by atoms with Gasteiger partial charge < -0.3 is 4.74 Å². The second kappa shape index (κ2) is 11.4. The van der Waals surface area contributed by atoms with Crippen LogP contribution >= 0.6 is 11.6 Å². The topological polar surface area (TPSA) is 87.4 Å². The van der Waals surface area contributed by atoms with Gasteiger partial charge in [0, 0.05) is 27.1 Å². The molecule has 0 aliphatic carbocycles. The van der Waals surface area contributed by atoms with Gasteiger partial charge in [-0.05, 0) is 36.4 Å². The average Bonchev–Trinajstić information content (AvgIpc) is 2.96. The lowest BCUT2D eigenvalue weighted by Gasteiger charge is -2.11. The van der Waals surface area contributed by atoms with Gasteiger partial charge in [-0.15, -0.1) is 0 Å². The van der Waals surface area contributed by atoms with Crippen LogP contribution in [0.25, 0.3) is 22.2 Å². The predicted octanol–water partition coefficient (Wildman–Crippen LogP) is 6.77. The number of nitrogens with one attached hydrogen (secondary N) is 1. The number of ether oxygens (including phenoxy) is 1. The van der Waals surface area contributed by atoms with Crippen molar-refractivity contribution in [3.8, 4) is 23.1 Å². The van der Waals surface area contributed by atoms with E-state index in [4.69, 9.17) is 21.3 Å². The number of amides is 1. The second-order valence-corrected chi connectivity index (χ2v) is 8.81. The second-order valence-electron chi connectivity index (χ2n) is 8.38. The smallest absolute Gasteiger partial charge is 0.272 e. The molecule has 6 nitrogen and oxygen atoms in total. The number of nitrogens with zero attached hydrogens (tertiary/aromatic N) is 3.